The van der Waals surface area contributed by atoms with Gasteiger partial charge in [0.05, 0.1) is 6.07 Å². The summed E-state index contributed by atoms with van der Waals surface area (Å²) in [4.78, 5) is 17.5. The SMILES string of the molecule is O=c1cc(O)nc(Cc2c(Cl)cccc2Cl)[nH]1. The van der Waals surface area contributed by atoms with Crippen LogP contribution >= 0.6 is 23.2 Å². The second-order valence-electron chi connectivity index (χ2n) is 3.43. The van der Waals surface area contributed by atoms with Crippen LogP contribution in [0.1, 0.15) is 11.4 Å². The van der Waals surface area contributed by atoms with Crippen LogP contribution in [0.3, 0.4) is 0 Å². The zero-order valence-corrected chi connectivity index (χ0v) is 10.1. The minimum Gasteiger partial charge on any atom is -0.493 e. The van der Waals surface area contributed by atoms with Crippen LogP contribution in [0.2, 0.25) is 10.0 Å². The Morgan fingerprint density at radius 1 is 1.29 bits per heavy atom. The van der Waals surface area contributed by atoms with Crippen molar-refractivity contribution in [2.45, 2.75) is 6.42 Å². The summed E-state index contributed by atoms with van der Waals surface area (Å²) in [6.07, 6.45) is 0.252. The maximum atomic E-state index is 11.1. The van der Waals surface area contributed by atoms with E-state index in [-0.39, 0.29) is 12.3 Å². The lowest BCUT2D eigenvalue weighted by Gasteiger charge is -2.06. The molecule has 0 aliphatic rings. The molecule has 0 aliphatic carbocycles. The first-order valence-corrected chi connectivity index (χ1v) is 5.54. The highest BCUT2D eigenvalue weighted by atomic mass is 35.5. The number of nitrogens with zero attached hydrogens (tertiary/aromatic N) is 1. The van der Waals surface area contributed by atoms with Crippen LogP contribution < -0.4 is 5.56 Å². The van der Waals surface area contributed by atoms with Crippen molar-refractivity contribution in [1.29, 1.82) is 0 Å². The summed E-state index contributed by atoms with van der Waals surface area (Å²) in [7, 11) is 0. The van der Waals surface area contributed by atoms with Gasteiger partial charge in [0.15, 0.2) is 0 Å². The number of nitrogens with one attached hydrogen (secondary N) is 1. The van der Waals surface area contributed by atoms with Crippen LogP contribution in [0.15, 0.2) is 29.1 Å². The molecule has 0 atom stereocenters. The molecule has 0 radical (unpaired) electrons. The minimum atomic E-state index is -0.421. The molecular weight excluding hydrogens is 263 g/mol. The van der Waals surface area contributed by atoms with Gasteiger partial charge in [-0.15, -0.1) is 0 Å². The van der Waals surface area contributed by atoms with Crippen molar-refractivity contribution in [3.63, 3.8) is 0 Å². The largest absolute Gasteiger partial charge is 0.493 e. The normalized spacial score (nSPS) is 10.5. The van der Waals surface area contributed by atoms with Gasteiger partial charge in [-0.3, -0.25) is 4.79 Å². The molecule has 0 amide bonds. The summed E-state index contributed by atoms with van der Waals surface area (Å²) < 4.78 is 0. The molecular formula is C11H8Cl2N2O2. The summed E-state index contributed by atoms with van der Waals surface area (Å²) in [5.41, 5.74) is 0.236. The Kier molecular flexibility index (Phi) is 3.36. The predicted molar refractivity (Wildman–Crippen MR) is 65.8 cm³/mol. The molecule has 2 aromatic rings. The van der Waals surface area contributed by atoms with Crippen LogP contribution in [0, 0.1) is 0 Å². The third kappa shape index (κ3) is 2.78. The second kappa shape index (κ2) is 4.77. The van der Waals surface area contributed by atoms with Crippen LogP contribution in [-0.4, -0.2) is 15.1 Å². The minimum absolute atomic E-state index is 0.252. The van der Waals surface area contributed by atoms with E-state index in [1.54, 1.807) is 18.2 Å². The summed E-state index contributed by atoms with van der Waals surface area (Å²) in [5, 5.41) is 10.2. The van der Waals surface area contributed by atoms with Crippen molar-refractivity contribution >= 4 is 23.2 Å². The summed E-state index contributed by atoms with van der Waals surface area (Å²) in [6, 6.07) is 6.12. The summed E-state index contributed by atoms with van der Waals surface area (Å²) in [6.45, 7) is 0. The van der Waals surface area contributed by atoms with E-state index in [9.17, 15) is 9.90 Å². The number of halogens is 2. The topological polar surface area (TPSA) is 66.0 Å². The molecule has 88 valence electrons. The lowest BCUT2D eigenvalue weighted by molar-refractivity contribution is 0.448. The Morgan fingerprint density at radius 3 is 2.53 bits per heavy atom. The molecule has 1 aromatic heterocycles. The number of rotatable bonds is 2. The maximum absolute atomic E-state index is 11.1. The van der Waals surface area contributed by atoms with Gasteiger partial charge in [0.2, 0.25) is 5.88 Å². The number of hydrogen-bond acceptors (Lipinski definition) is 3. The van der Waals surface area contributed by atoms with E-state index in [1.807, 2.05) is 0 Å². The zero-order chi connectivity index (χ0) is 12.4. The first kappa shape index (κ1) is 12.0. The average molecular weight is 271 g/mol. The first-order valence-electron chi connectivity index (χ1n) is 4.78. The van der Waals surface area contributed by atoms with Gasteiger partial charge in [-0.1, -0.05) is 29.3 Å². The summed E-state index contributed by atoms with van der Waals surface area (Å²) in [5.74, 6) is -0.0167. The van der Waals surface area contributed by atoms with Crippen molar-refractivity contribution in [3.8, 4) is 5.88 Å². The molecule has 17 heavy (non-hydrogen) atoms. The van der Waals surface area contributed by atoms with Gasteiger partial charge in [0.25, 0.3) is 5.56 Å². The van der Waals surface area contributed by atoms with E-state index in [2.05, 4.69) is 9.97 Å². The molecule has 2 N–H and O–H groups in total. The standard InChI is InChI=1S/C11H8Cl2N2O2/c12-7-2-1-3-8(13)6(7)4-9-14-10(16)5-11(17)15-9/h1-3,5H,4H2,(H2,14,15,16,17). The molecule has 2 rings (SSSR count). The van der Waals surface area contributed by atoms with Gasteiger partial charge in [0.1, 0.15) is 5.82 Å². The quantitative estimate of drug-likeness (QED) is 0.881. The molecule has 6 heteroatoms. The van der Waals surface area contributed by atoms with Gasteiger partial charge in [-0.2, -0.15) is 4.98 Å². The van der Waals surface area contributed by atoms with Gasteiger partial charge in [-0.05, 0) is 17.7 Å². The Balaban J connectivity index is 2.41. The highest BCUT2D eigenvalue weighted by Gasteiger charge is 2.08. The molecule has 1 heterocycles. The van der Waals surface area contributed by atoms with Crippen LogP contribution in [0.25, 0.3) is 0 Å². The molecule has 0 saturated heterocycles. The number of aromatic amines is 1. The first-order chi connectivity index (χ1) is 8.06. The number of aromatic nitrogens is 2. The third-order valence-corrected chi connectivity index (χ3v) is 2.89. The maximum Gasteiger partial charge on any atom is 0.254 e. The van der Waals surface area contributed by atoms with Gasteiger partial charge in [0, 0.05) is 16.5 Å². The van der Waals surface area contributed by atoms with Gasteiger partial charge in [-0.25, -0.2) is 0 Å². The Hall–Kier alpha value is -1.52. The number of aromatic hydroxyl groups is 1. The Labute approximate surface area is 107 Å². The van der Waals surface area contributed by atoms with Crippen molar-refractivity contribution in [1.82, 2.24) is 9.97 Å². The fourth-order valence-corrected chi connectivity index (χ4v) is 1.98. The van der Waals surface area contributed by atoms with Crippen molar-refractivity contribution < 1.29 is 5.11 Å². The fraction of sp³-hybridized carbons (Fsp3) is 0.0909. The fourth-order valence-electron chi connectivity index (χ4n) is 1.45. The van der Waals surface area contributed by atoms with Crippen LogP contribution in [0.5, 0.6) is 5.88 Å². The Morgan fingerprint density at radius 2 is 1.94 bits per heavy atom. The Bertz CT molecular complexity index is 590. The molecule has 0 aliphatic heterocycles. The van der Waals surface area contributed by atoms with Gasteiger partial charge >= 0.3 is 0 Å². The average Bonchev–Trinajstić information content (AvgIpc) is 2.22. The molecule has 0 saturated carbocycles. The van der Waals surface area contributed by atoms with Crippen LogP contribution in [0.4, 0.5) is 0 Å². The predicted octanol–water partition coefficient (Wildman–Crippen LogP) is 2.37. The van der Waals surface area contributed by atoms with Gasteiger partial charge < -0.3 is 10.1 Å². The van der Waals surface area contributed by atoms with E-state index in [4.69, 9.17) is 23.2 Å². The van der Waals surface area contributed by atoms with Crippen molar-refractivity contribution in [3.05, 3.63) is 56.1 Å². The molecule has 0 unspecified atom stereocenters. The highest BCUT2D eigenvalue weighted by molar-refractivity contribution is 6.36. The third-order valence-electron chi connectivity index (χ3n) is 2.18. The molecule has 0 fully saturated rings. The summed E-state index contributed by atoms with van der Waals surface area (Å²) >= 11 is 12.0. The van der Waals surface area contributed by atoms with E-state index < -0.39 is 5.56 Å². The van der Waals surface area contributed by atoms with E-state index in [0.29, 0.717) is 21.4 Å². The monoisotopic (exact) mass is 270 g/mol. The lowest BCUT2D eigenvalue weighted by atomic mass is 10.1. The van der Waals surface area contributed by atoms with Crippen molar-refractivity contribution in [2.75, 3.05) is 0 Å². The lowest BCUT2D eigenvalue weighted by Crippen LogP contribution is -2.10. The zero-order valence-electron chi connectivity index (χ0n) is 8.58. The van der Waals surface area contributed by atoms with E-state index in [0.717, 1.165) is 6.07 Å². The van der Waals surface area contributed by atoms with E-state index >= 15 is 0 Å². The van der Waals surface area contributed by atoms with E-state index in [1.165, 1.54) is 0 Å². The number of H-pyrrole nitrogens is 1. The van der Waals surface area contributed by atoms with Crippen molar-refractivity contribution in [2.24, 2.45) is 0 Å². The smallest absolute Gasteiger partial charge is 0.254 e. The molecule has 4 nitrogen and oxygen atoms in total. The molecule has 0 spiro atoms. The number of benzene rings is 1. The number of hydrogen-bond donors (Lipinski definition) is 2. The molecule has 0 bridgehead atoms. The second-order valence-corrected chi connectivity index (χ2v) is 4.24. The molecule has 1 aromatic carbocycles. The van der Waals surface area contributed by atoms with Crippen LogP contribution in [-0.2, 0) is 6.42 Å². The highest BCUT2D eigenvalue weighted by Crippen LogP contribution is 2.25.